The molecule has 1 aromatic rings. The van der Waals surface area contributed by atoms with Gasteiger partial charge in [0.1, 0.15) is 0 Å². The van der Waals surface area contributed by atoms with Crippen LogP contribution in [0.3, 0.4) is 0 Å². The first-order chi connectivity index (χ1) is 8.67. The third kappa shape index (κ3) is 2.93. The van der Waals surface area contributed by atoms with Crippen molar-refractivity contribution in [3.05, 3.63) is 30.3 Å². The molecule has 0 heterocycles. The highest BCUT2D eigenvalue weighted by molar-refractivity contribution is 6.91. The van der Waals surface area contributed by atoms with Gasteiger partial charge in [0.05, 0.1) is 6.61 Å². The van der Waals surface area contributed by atoms with Crippen LogP contribution >= 0.6 is 0 Å². The number of hydrogen-bond acceptors (Lipinski definition) is 1. The Hall–Kier alpha value is -1.04. The first-order valence-corrected chi connectivity index (χ1v) is 8.70. The van der Waals surface area contributed by atoms with E-state index >= 15 is 0 Å². The summed E-state index contributed by atoms with van der Waals surface area (Å²) in [5, 5.41) is 1.47. The molecule has 0 fully saturated rings. The minimum atomic E-state index is -2.24. The van der Waals surface area contributed by atoms with Crippen molar-refractivity contribution in [2.75, 3.05) is 6.61 Å². The molecule has 0 radical (unpaired) electrons. The van der Waals surface area contributed by atoms with Gasteiger partial charge in [0.2, 0.25) is 8.32 Å². The van der Waals surface area contributed by atoms with Crippen molar-refractivity contribution in [1.82, 2.24) is 0 Å². The van der Waals surface area contributed by atoms with Gasteiger partial charge in [-0.25, -0.2) is 0 Å². The summed E-state index contributed by atoms with van der Waals surface area (Å²) in [4.78, 5) is 0. The molecule has 0 bridgehead atoms. The molecule has 19 heavy (non-hydrogen) atoms. The van der Waals surface area contributed by atoms with Crippen molar-refractivity contribution >= 4 is 13.5 Å². The molecule has 0 atom stereocenters. The zero-order valence-electron chi connectivity index (χ0n) is 13.1. The molecule has 0 aromatic heterocycles. The Bertz CT molecular complexity index is 429. The molecule has 0 aliphatic carbocycles. The molecule has 0 amide bonds. The van der Waals surface area contributed by atoms with E-state index in [0.717, 1.165) is 0 Å². The van der Waals surface area contributed by atoms with E-state index in [1.54, 1.807) is 0 Å². The summed E-state index contributed by atoms with van der Waals surface area (Å²) in [6.07, 6.45) is 5.45. The van der Waals surface area contributed by atoms with Crippen LogP contribution in [0.2, 0.25) is 10.1 Å². The van der Waals surface area contributed by atoms with Crippen LogP contribution in [-0.4, -0.2) is 14.9 Å². The molecule has 0 N–H and O–H groups in total. The van der Waals surface area contributed by atoms with Gasteiger partial charge in [-0.3, -0.25) is 0 Å². The number of benzene rings is 1. The van der Waals surface area contributed by atoms with E-state index in [9.17, 15) is 0 Å². The molecule has 2 heteroatoms. The number of rotatable bonds is 3. The summed E-state index contributed by atoms with van der Waals surface area (Å²) in [5.41, 5.74) is 0. The van der Waals surface area contributed by atoms with Gasteiger partial charge in [-0.2, -0.15) is 0 Å². The van der Waals surface area contributed by atoms with Gasteiger partial charge < -0.3 is 4.43 Å². The van der Waals surface area contributed by atoms with Gasteiger partial charge in [-0.15, -0.1) is 6.42 Å². The number of hydrogen-bond donors (Lipinski definition) is 0. The van der Waals surface area contributed by atoms with Gasteiger partial charge in [0.15, 0.2) is 0 Å². The van der Waals surface area contributed by atoms with Crippen LogP contribution in [0.25, 0.3) is 0 Å². The Morgan fingerprint density at radius 2 is 1.47 bits per heavy atom. The molecule has 0 saturated carbocycles. The first kappa shape index (κ1) is 16.0. The minimum absolute atomic E-state index is 0.0729. The van der Waals surface area contributed by atoms with Crippen LogP contribution in [0.5, 0.6) is 0 Å². The van der Waals surface area contributed by atoms with Crippen molar-refractivity contribution in [3.8, 4) is 12.3 Å². The summed E-state index contributed by atoms with van der Waals surface area (Å²) < 4.78 is 6.40. The maximum Gasteiger partial charge on any atom is 0.236 e. The van der Waals surface area contributed by atoms with Crippen LogP contribution in [0.4, 0.5) is 0 Å². The van der Waals surface area contributed by atoms with Gasteiger partial charge in [0.25, 0.3) is 0 Å². The van der Waals surface area contributed by atoms with E-state index < -0.39 is 8.32 Å². The first-order valence-electron chi connectivity index (χ1n) is 6.80. The van der Waals surface area contributed by atoms with E-state index in [0.29, 0.717) is 6.61 Å². The lowest BCUT2D eigenvalue weighted by Crippen LogP contribution is -2.63. The van der Waals surface area contributed by atoms with Crippen molar-refractivity contribution in [1.29, 1.82) is 0 Å². The molecule has 0 aliphatic rings. The van der Waals surface area contributed by atoms with Crippen LogP contribution < -0.4 is 5.19 Å². The topological polar surface area (TPSA) is 9.23 Å². The minimum Gasteiger partial charge on any atom is -0.400 e. The van der Waals surface area contributed by atoms with Gasteiger partial charge in [-0.1, -0.05) is 77.8 Å². The fraction of sp³-hybridized carbons (Fsp3) is 0.529. The Morgan fingerprint density at radius 1 is 1.00 bits per heavy atom. The monoisotopic (exact) mass is 274 g/mol. The zero-order chi connectivity index (χ0) is 14.7. The molecule has 1 nitrogen and oxygen atoms in total. The molecule has 0 aliphatic heterocycles. The SMILES string of the molecule is C#CCO[Si](c1ccccc1)(C(C)(C)C)C(C)(C)C. The quantitative estimate of drug-likeness (QED) is 0.596. The predicted octanol–water partition coefficient (Wildman–Crippen LogP) is 4.09. The predicted molar refractivity (Wildman–Crippen MR) is 86.0 cm³/mol. The van der Waals surface area contributed by atoms with Crippen molar-refractivity contribution < 1.29 is 4.43 Å². The molecular weight excluding hydrogens is 248 g/mol. The highest BCUT2D eigenvalue weighted by Crippen LogP contribution is 2.51. The molecular formula is C17H26OSi. The van der Waals surface area contributed by atoms with E-state index in [1.165, 1.54) is 5.19 Å². The maximum absolute atomic E-state index is 6.40. The lowest BCUT2D eigenvalue weighted by molar-refractivity contribution is 0.308. The Labute approximate surface area is 119 Å². The lowest BCUT2D eigenvalue weighted by atomic mass is 10.2. The maximum atomic E-state index is 6.40. The lowest BCUT2D eigenvalue weighted by Gasteiger charge is -2.50. The van der Waals surface area contributed by atoms with Crippen LogP contribution in [-0.2, 0) is 4.43 Å². The fourth-order valence-electron chi connectivity index (χ4n) is 3.33. The summed E-state index contributed by atoms with van der Waals surface area (Å²) in [5.74, 6) is 2.65. The zero-order valence-corrected chi connectivity index (χ0v) is 14.1. The normalized spacial score (nSPS) is 13.1. The third-order valence-electron chi connectivity index (χ3n) is 3.66. The van der Waals surface area contributed by atoms with Crippen molar-refractivity contribution in [3.63, 3.8) is 0 Å². The van der Waals surface area contributed by atoms with Gasteiger partial charge in [0, 0.05) is 0 Å². The summed E-state index contributed by atoms with van der Waals surface area (Å²) in [6, 6.07) is 10.6. The molecule has 0 saturated heterocycles. The smallest absolute Gasteiger partial charge is 0.236 e. The highest BCUT2D eigenvalue weighted by Gasteiger charge is 2.56. The highest BCUT2D eigenvalue weighted by atomic mass is 28.4. The summed E-state index contributed by atoms with van der Waals surface area (Å²) in [6.45, 7) is 14.0. The van der Waals surface area contributed by atoms with Gasteiger partial charge >= 0.3 is 0 Å². The Kier molecular flexibility index (Phi) is 4.66. The van der Waals surface area contributed by atoms with Crippen LogP contribution in [0.1, 0.15) is 41.5 Å². The van der Waals surface area contributed by atoms with Crippen molar-refractivity contribution in [2.24, 2.45) is 0 Å². The average molecular weight is 274 g/mol. The third-order valence-corrected chi connectivity index (χ3v) is 9.61. The Morgan fingerprint density at radius 3 is 1.84 bits per heavy atom. The van der Waals surface area contributed by atoms with Crippen LogP contribution in [0.15, 0.2) is 30.3 Å². The second kappa shape index (κ2) is 5.52. The van der Waals surface area contributed by atoms with Crippen molar-refractivity contribution in [2.45, 2.75) is 51.6 Å². The van der Waals surface area contributed by atoms with E-state index in [-0.39, 0.29) is 10.1 Å². The number of terminal acetylenes is 1. The second-order valence-electron chi connectivity index (χ2n) is 7.04. The van der Waals surface area contributed by atoms with E-state index in [2.05, 4.69) is 77.8 Å². The molecule has 1 aromatic carbocycles. The summed E-state index contributed by atoms with van der Waals surface area (Å²) in [7, 11) is -2.24. The summed E-state index contributed by atoms with van der Waals surface area (Å²) >= 11 is 0. The molecule has 0 spiro atoms. The fourth-order valence-corrected chi connectivity index (χ4v) is 9.31. The molecule has 104 valence electrons. The van der Waals surface area contributed by atoms with Crippen LogP contribution in [0, 0.1) is 12.3 Å². The van der Waals surface area contributed by atoms with Gasteiger partial charge in [-0.05, 0) is 15.3 Å². The van der Waals surface area contributed by atoms with E-state index in [4.69, 9.17) is 10.8 Å². The largest absolute Gasteiger partial charge is 0.400 e. The van der Waals surface area contributed by atoms with E-state index in [1.807, 2.05) is 0 Å². The molecule has 0 unspecified atom stereocenters. The Balaban J connectivity index is 3.50. The average Bonchev–Trinajstić information content (AvgIpc) is 2.27. The molecule has 1 rings (SSSR count). The standard InChI is InChI=1S/C17H26OSi/c1-8-14-18-19(16(2,3)4,17(5,6)7)15-12-10-9-11-13-15/h1,9-13H,14H2,2-7H3. The second-order valence-corrected chi connectivity index (χ2v) is 12.3.